The van der Waals surface area contributed by atoms with E-state index < -0.39 is 52.3 Å². The lowest BCUT2D eigenvalue weighted by molar-refractivity contribution is -0.162. The van der Waals surface area contributed by atoms with Gasteiger partial charge >= 0.3 is 0 Å². The normalized spacial score (nSPS) is 26.0. The van der Waals surface area contributed by atoms with Gasteiger partial charge in [-0.15, -0.1) is 0 Å². The van der Waals surface area contributed by atoms with Gasteiger partial charge in [0.1, 0.15) is 29.4 Å². The van der Waals surface area contributed by atoms with Crippen LogP contribution in [0.4, 0.5) is 0 Å². The highest BCUT2D eigenvalue weighted by atomic mass is 127. The maximum Gasteiger partial charge on any atom is 0.255 e. The fourth-order valence-corrected chi connectivity index (χ4v) is 6.75. The topological polar surface area (TPSA) is 150 Å². The first-order chi connectivity index (χ1) is 18.0. The standard InChI is InChI=1S/C28H27IN2O7.CH4/c1-31(2)22-16-11-14-10-15-17(29)8-9-18(32)20(15)23(33)19(14)25(34)28(16,37)26(35)21(27(30)36)24(22)38-12-13-6-4-3-5-7-13;/h3-9,14,16,22,32-33,37H,10-12H2,1-2H3,(H2,30,36);1H4/t14-,16-,22-,28-;/m0./s1. The number of carbonyl (C=O) groups is 3. The molecule has 1 amide bonds. The maximum atomic E-state index is 14.0. The van der Waals surface area contributed by atoms with Crippen molar-refractivity contribution in [1.82, 2.24) is 4.90 Å². The summed E-state index contributed by atoms with van der Waals surface area (Å²) in [5, 5.41) is 33.5. The number of aromatic hydroxyl groups is 1. The molecule has 1 saturated carbocycles. The van der Waals surface area contributed by atoms with E-state index in [-0.39, 0.29) is 43.1 Å². The van der Waals surface area contributed by atoms with Crippen LogP contribution in [-0.4, -0.2) is 63.4 Å². The molecule has 10 heteroatoms. The van der Waals surface area contributed by atoms with Crippen molar-refractivity contribution in [3.63, 3.8) is 0 Å². The molecule has 0 spiro atoms. The number of nitrogens with two attached hydrogens (primary N) is 1. The number of phenolic OH excluding ortho intramolecular Hbond substituents is 1. The number of aliphatic hydroxyl groups excluding tert-OH is 1. The van der Waals surface area contributed by atoms with E-state index >= 15 is 0 Å². The molecule has 0 radical (unpaired) electrons. The van der Waals surface area contributed by atoms with Gasteiger partial charge in [-0.25, -0.2) is 0 Å². The van der Waals surface area contributed by atoms with Crippen LogP contribution in [0.25, 0.3) is 5.76 Å². The monoisotopic (exact) mass is 646 g/mol. The summed E-state index contributed by atoms with van der Waals surface area (Å²) in [4.78, 5) is 42.0. The Balaban J connectivity index is 0.00000353. The summed E-state index contributed by atoms with van der Waals surface area (Å²) in [6, 6.07) is 11.5. The molecule has 0 aliphatic heterocycles. The fourth-order valence-electron chi connectivity index (χ4n) is 6.08. The third kappa shape index (κ3) is 4.34. The Bertz CT molecular complexity index is 1430. The SMILES string of the molecule is C.CN(C)[C@@H]1C(OCc2ccccc2)=C(C(N)=O)C(=O)[C@@]2(O)C(=O)C3=C(O)c4c(O)ccc(I)c4C[C@H]3C[C@@H]12. The Hall–Kier alpha value is -3.22. The van der Waals surface area contributed by atoms with Crippen molar-refractivity contribution in [3.05, 3.63) is 79.6 Å². The molecule has 5 N–H and O–H groups in total. The summed E-state index contributed by atoms with van der Waals surface area (Å²) in [5.74, 6) is -5.42. The number of Topliss-reactive ketones (excluding diaryl/α,β-unsaturated/α-hetero) is 2. The number of ether oxygens (including phenoxy) is 1. The predicted octanol–water partition coefficient (Wildman–Crippen LogP) is 2.86. The number of ketones is 2. The van der Waals surface area contributed by atoms with Crippen molar-refractivity contribution in [3.8, 4) is 5.75 Å². The molecule has 2 aromatic rings. The quantitative estimate of drug-likeness (QED) is 0.220. The predicted molar refractivity (Wildman–Crippen MR) is 152 cm³/mol. The molecular formula is C29H31IN2O7. The molecule has 1 fully saturated rings. The second-order valence-electron chi connectivity index (χ2n) is 10.1. The van der Waals surface area contributed by atoms with Crippen molar-refractivity contribution >= 4 is 45.8 Å². The smallest absolute Gasteiger partial charge is 0.255 e. The molecule has 0 unspecified atom stereocenters. The van der Waals surface area contributed by atoms with E-state index in [0.717, 1.165) is 9.13 Å². The Labute approximate surface area is 240 Å². The molecule has 5 rings (SSSR count). The van der Waals surface area contributed by atoms with Gasteiger partial charge in [0.15, 0.2) is 5.60 Å². The molecule has 206 valence electrons. The number of aliphatic hydroxyl groups is 2. The number of carbonyl (C=O) groups excluding carboxylic acids is 3. The second kappa shape index (κ2) is 10.4. The van der Waals surface area contributed by atoms with Crippen LogP contribution in [0, 0.1) is 15.4 Å². The minimum absolute atomic E-state index is 0. The average Bonchev–Trinajstić information content (AvgIpc) is 2.87. The van der Waals surface area contributed by atoms with E-state index in [1.54, 1.807) is 25.1 Å². The van der Waals surface area contributed by atoms with Crippen molar-refractivity contribution in [2.24, 2.45) is 17.6 Å². The van der Waals surface area contributed by atoms with E-state index in [2.05, 4.69) is 22.6 Å². The molecule has 39 heavy (non-hydrogen) atoms. The van der Waals surface area contributed by atoms with Crippen LogP contribution >= 0.6 is 22.6 Å². The van der Waals surface area contributed by atoms with Crippen molar-refractivity contribution in [2.75, 3.05) is 14.1 Å². The molecule has 9 nitrogen and oxygen atoms in total. The van der Waals surface area contributed by atoms with Crippen LogP contribution in [0.15, 0.2) is 59.4 Å². The summed E-state index contributed by atoms with van der Waals surface area (Å²) in [6.07, 6.45) is 0.465. The summed E-state index contributed by atoms with van der Waals surface area (Å²) in [7, 11) is 3.41. The van der Waals surface area contributed by atoms with Gasteiger partial charge in [-0.1, -0.05) is 37.8 Å². The lowest BCUT2D eigenvalue weighted by Gasteiger charge is -2.50. The number of primary amides is 1. The van der Waals surface area contributed by atoms with E-state index in [0.29, 0.717) is 12.0 Å². The van der Waals surface area contributed by atoms with Gasteiger partial charge in [0.25, 0.3) is 5.91 Å². The van der Waals surface area contributed by atoms with Crippen LogP contribution in [0.2, 0.25) is 0 Å². The number of hydrogen-bond donors (Lipinski definition) is 4. The third-order valence-electron chi connectivity index (χ3n) is 7.76. The van der Waals surface area contributed by atoms with E-state index in [9.17, 15) is 29.7 Å². The lowest BCUT2D eigenvalue weighted by Crippen LogP contribution is -2.67. The second-order valence-corrected chi connectivity index (χ2v) is 11.3. The number of amides is 1. The largest absolute Gasteiger partial charge is 0.507 e. The number of fused-ring (bicyclic) bond motifs is 3. The number of likely N-dealkylation sites (N-methyl/N-ethyl adjacent to an activating group) is 1. The molecule has 0 heterocycles. The summed E-state index contributed by atoms with van der Waals surface area (Å²) < 4.78 is 6.87. The van der Waals surface area contributed by atoms with Gasteiger partial charge < -0.3 is 25.8 Å². The molecule has 3 aliphatic rings. The Morgan fingerprint density at radius 2 is 1.79 bits per heavy atom. The van der Waals surface area contributed by atoms with Crippen LogP contribution in [0.5, 0.6) is 5.75 Å². The summed E-state index contributed by atoms with van der Waals surface area (Å²) in [5.41, 5.74) is 3.88. The lowest BCUT2D eigenvalue weighted by atomic mass is 9.57. The fraction of sp³-hybridized carbons (Fsp3) is 0.345. The highest BCUT2D eigenvalue weighted by Crippen LogP contribution is 2.52. The Morgan fingerprint density at radius 1 is 1.13 bits per heavy atom. The van der Waals surface area contributed by atoms with Crippen molar-refractivity contribution in [1.29, 1.82) is 0 Å². The molecule has 2 aromatic carbocycles. The highest BCUT2D eigenvalue weighted by molar-refractivity contribution is 14.1. The zero-order valence-electron chi connectivity index (χ0n) is 20.8. The van der Waals surface area contributed by atoms with E-state index in [4.69, 9.17) is 10.5 Å². The minimum atomic E-state index is -2.65. The first kappa shape index (κ1) is 28.8. The molecule has 3 aliphatic carbocycles. The molecule has 0 aromatic heterocycles. The van der Waals surface area contributed by atoms with Crippen LogP contribution in [-0.2, 0) is 32.1 Å². The van der Waals surface area contributed by atoms with Crippen molar-refractivity contribution in [2.45, 2.75) is 38.5 Å². The number of benzene rings is 2. The number of hydrogen-bond acceptors (Lipinski definition) is 8. The minimum Gasteiger partial charge on any atom is -0.507 e. The number of halogens is 1. The van der Waals surface area contributed by atoms with Crippen LogP contribution < -0.4 is 5.73 Å². The molecular weight excluding hydrogens is 615 g/mol. The average molecular weight is 646 g/mol. The van der Waals surface area contributed by atoms with Gasteiger partial charge in [-0.3, -0.25) is 19.3 Å². The van der Waals surface area contributed by atoms with Crippen LogP contribution in [0.3, 0.4) is 0 Å². The highest BCUT2D eigenvalue weighted by Gasteiger charge is 2.65. The van der Waals surface area contributed by atoms with Gasteiger partial charge in [0.2, 0.25) is 11.6 Å². The number of phenols is 1. The zero-order valence-corrected chi connectivity index (χ0v) is 22.9. The maximum absolute atomic E-state index is 14.0. The summed E-state index contributed by atoms with van der Waals surface area (Å²) in [6.45, 7) is 0.0455. The first-order valence-corrected chi connectivity index (χ1v) is 13.2. The molecule has 0 bridgehead atoms. The zero-order chi connectivity index (χ0) is 27.5. The third-order valence-corrected chi connectivity index (χ3v) is 8.77. The first-order valence-electron chi connectivity index (χ1n) is 12.1. The van der Waals surface area contributed by atoms with Crippen molar-refractivity contribution < 1.29 is 34.4 Å². The Morgan fingerprint density at radius 3 is 2.41 bits per heavy atom. The number of rotatable bonds is 5. The van der Waals surface area contributed by atoms with Gasteiger partial charge in [0, 0.05) is 15.1 Å². The molecule has 4 atom stereocenters. The Kier molecular flexibility index (Phi) is 7.67. The number of nitrogens with zero attached hydrogens (tertiary/aromatic N) is 1. The molecule has 0 saturated heterocycles. The van der Waals surface area contributed by atoms with Crippen LogP contribution in [0.1, 0.15) is 30.5 Å². The van der Waals surface area contributed by atoms with Gasteiger partial charge in [-0.05, 0) is 78.7 Å². The van der Waals surface area contributed by atoms with Gasteiger partial charge in [0.05, 0.1) is 11.6 Å². The van der Waals surface area contributed by atoms with Gasteiger partial charge in [-0.2, -0.15) is 0 Å². The van der Waals surface area contributed by atoms with E-state index in [1.807, 2.05) is 30.3 Å². The summed E-state index contributed by atoms with van der Waals surface area (Å²) >= 11 is 2.11. The van der Waals surface area contributed by atoms with E-state index in [1.165, 1.54) is 6.07 Å².